The molecule has 0 saturated heterocycles. The van der Waals surface area contributed by atoms with Crippen LogP contribution in [0.15, 0.2) is 18.2 Å². The third-order valence-electron chi connectivity index (χ3n) is 3.70. The zero-order chi connectivity index (χ0) is 16.5. The third kappa shape index (κ3) is 6.09. The topological polar surface area (TPSA) is 89.0 Å². The largest absolute Gasteiger partial charge is 0.497 e. The summed E-state index contributed by atoms with van der Waals surface area (Å²) in [7, 11) is 6.65. The van der Waals surface area contributed by atoms with E-state index in [1.165, 1.54) is 0 Å². The Morgan fingerprint density at radius 3 is 1.64 bits per heavy atom. The molecule has 0 heterocycles. The molecule has 2 unspecified atom stereocenters. The second-order valence-corrected chi connectivity index (χ2v) is 5.33. The number of benzene rings is 1. The van der Waals surface area contributed by atoms with Crippen LogP contribution in [0.1, 0.15) is 19.3 Å². The molecule has 0 radical (unpaired) electrons. The first-order valence-electron chi connectivity index (χ1n) is 7.32. The van der Waals surface area contributed by atoms with Crippen LogP contribution in [0.25, 0.3) is 0 Å². The van der Waals surface area contributed by atoms with Gasteiger partial charge in [0.15, 0.2) is 0 Å². The van der Waals surface area contributed by atoms with E-state index in [2.05, 4.69) is 0 Å². The molecule has 1 aromatic carbocycles. The molecule has 1 fully saturated rings. The van der Waals surface area contributed by atoms with Gasteiger partial charge < -0.3 is 30.4 Å². The Morgan fingerprint density at radius 1 is 0.818 bits per heavy atom. The van der Waals surface area contributed by atoms with E-state index in [9.17, 15) is 0 Å². The Balaban J connectivity index is 0.000000220. The molecule has 0 aliphatic heterocycles. The maximum absolute atomic E-state index is 5.81. The molecule has 22 heavy (non-hydrogen) atoms. The first kappa shape index (κ1) is 18.5. The van der Waals surface area contributed by atoms with Crippen LogP contribution < -0.4 is 20.9 Å². The summed E-state index contributed by atoms with van der Waals surface area (Å²) in [6, 6.07) is 5.50. The molecule has 0 spiro atoms. The number of anilines is 1. The zero-order valence-electron chi connectivity index (χ0n) is 13.9. The highest BCUT2D eigenvalue weighted by atomic mass is 16.5. The summed E-state index contributed by atoms with van der Waals surface area (Å²) in [5.74, 6) is 1.42. The van der Waals surface area contributed by atoms with Crippen molar-refractivity contribution >= 4 is 5.69 Å². The minimum absolute atomic E-state index is 0.249. The van der Waals surface area contributed by atoms with Crippen molar-refractivity contribution in [1.29, 1.82) is 0 Å². The van der Waals surface area contributed by atoms with Crippen molar-refractivity contribution in [3.63, 3.8) is 0 Å². The van der Waals surface area contributed by atoms with Crippen LogP contribution in [0.2, 0.25) is 0 Å². The van der Waals surface area contributed by atoms with Gasteiger partial charge >= 0.3 is 0 Å². The number of nitrogens with two attached hydrogens (primary N) is 2. The van der Waals surface area contributed by atoms with Gasteiger partial charge in [0, 0.05) is 44.1 Å². The number of hydrogen-bond acceptors (Lipinski definition) is 6. The standard InChI is InChI=1S/C8H17NO2.C8H11NO2/c2*1-10-7-3-6(9)4-8(5-7)11-2/h6-8H,3-5,9H2,1-2H3;3-5H,9H2,1-2H3. The predicted molar refractivity (Wildman–Crippen MR) is 87.4 cm³/mol. The van der Waals surface area contributed by atoms with Gasteiger partial charge in [0.2, 0.25) is 0 Å². The molecule has 2 atom stereocenters. The van der Waals surface area contributed by atoms with Crippen molar-refractivity contribution < 1.29 is 18.9 Å². The van der Waals surface area contributed by atoms with Gasteiger partial charge in [-0.05, 0) is 19.3 Å². The summed E-state index contributed by atoms with van der Waals surface area (Å²) >= 11 is 0. The Bertz CT molecular complexity index is 408. The summed E-state index contributed by atoms with van der Waals surface area (Å²) in [4.78, 5) is 0. The Labute approximate surface area is 132 Å². The average Bonchev–Trinajstić information content (AvgIpc) is 2.53. The highest BCUT2D eigenvalue weighted by molar-refractivity contribution is 5.50. The smallest absolute Gasteiger partial charge is 0.124 e. The van der Waals surface area contributed by atoms with E-state index in [-0.39, 0.29) is 6.04 Å². The molecule has 4 N–H and O–H groups in total. The minimum atomic E-state index is 0.249. The van der Waals surface area contributed by atoms with Crippen molar-refractivity contribution in [2.75, 3.05) is 34.2 Å². The van der Waals surface area contributed by atoms with Crippen LogP contribution in [0.3, 0.4) is 0 Å². The van der Waals surface area contributed by atoms with Crippen LogP contribution in [0, 0.1) is 0 Å². The second kappa shape index (κ2) is 9.50. The van der Waals surface area contributed by atoms with E-state index >= 15 is 0 Å². The molecule has 0 aromatic heterocycles. The highest BCUT2D eigenvalue weighted by Crippen LogP contribution is 2.23. The number of methoxy groups -OCH3 is 4. The number of nitrogen functional groups attached to an aromatic ring is 1. The Hall–Kier alpha value is -1.50. The lowest BCUT2D eigenvalue weighted by atomic mass is 9.91. The van der Waals surface area contributed by atoms with Crippen LogP contribution in [0.5, 0.6) is 11.5 Å². The first-order chi connectivity index (χ1) is 10.5. The lowest BCUT2D eigenvalue weighted by Crippen LogP contribution is -2.39. The van der Waals surface area contributed by atoms with Gasteiger partial charge in [0.05, 0.1) is 26.4 Å². The Kier molecular flexibility index (Phi) is 8.01. The van der Waals surface area contributed by atoms with Crippen LogP contribution >= 0.6 is 0 Å². The fourth-order valence-corrected chi connectivity index (χ4v) is 2.47. The zero-order valence-corrected chi connectivity index (χ0v) is 13.9. The number of hydrogen-bond donors (Lipinski definition) is 2. The van der Waals surface area contributed by atoms with Gasteiger partial charge in [-0.3, -0.25) is 0 Å². The van der Waals surface area contributed by atoms with Crippen LogP contribution in [-0.4, -0.2) is 46.7 Å². The normalized spacial score (nSPS) is 24.1. The van der Waals surface area contributed by atoms with Gasteiger partial charge in [-0.15, -0.1) is 0 Å². The van der Waals surface area contributed by atoms with Gasteiger partial charge in [0.1, 0.15) is 11.5 Å². The monoisotopic (exact) mass is 312 g/mol. The first-order valence-corrected chi connectivity index (χ1v) is 7.32. The summed E-state index contributed by atoms with van der Waals surface area (Å²) in [5, 5.41) is 0. The maximum atomic E-state index is 5.81. The molecule has 6 heteroatoms. The Morgan fingerprint density at radius 2 is 1.27 bits per heavy atom. The molecule has 1 aliphatic carbocycles. The summed E-state index contributed by atoms with van der Waals surface area (Å²) < 4.78 is 20.4. The summed E-state index contributed by atoms with van der Waals surface area (Å²) in [6.45, 7) is 0. The highest BCUT2D eigenvalue weighted by Gasteiger charge is 2.26. The van der Waals surface area contributed by atoms with Crippen LogP contribution in [-0.2, 0) is 9.47 Å². The molecule has 2 rings (SSSR count). The molecule has 1 saturated carbocycles. The third-order valence-corrected chi connectivity index (χ3v) is 3.70. The van der Waals surface area contributed by atoms with Gasteiger partial charge in [-0.1, -0.05) is 0 Å². The van der Waals surface area contributed by atoms with Gasteiger partial charge in [-0.25, -0.2) is 0 Å². The fraction of sp³-hybridized carbons (Fsp3) is 0.625. The van der Waals surface area contributed by atoms with Crippen molar-refractivity contribution in [3.8, 4) is 11.5 Å². The molecule has 0 amide bonds. The summed E-state index contributed by atoms with van der Waals surface area (Å²) in [6.07, 6.45) is 3.51. The van der Waals surface area contributed by atoms with E-state index in [1.807, 2.05) is 0 Å². The van der Waals surface area contributed by atoms with Gasteiger partial charge in [0.25, 0.3) is 0 Å². The minimum Gasteiger partial charge on any atom is -0.497 e. The number of rotatable bonds is 4. The molecule has 0 bridgehead atoms. The van der Waals surface area contributed by atoms with E-state index in [1.54, 1.807) is 46.6 Å². The second-order valence-electron chi connectivity index (χ2n) is 5.33. The average molecular weight is 312 g/mol. The van der Waals surface area contributed by atoms with E-state index in [4.69, 9.17) is 30.4 Å². The molecular weight excluding hydrogens is 284 g/mol. The van der Waals surface area contributed by atoms with E-state index in [0.29, 0.717) is 29.4 Å². The fourth-order valence-electron chi connectivity index (χ4n) is 2.47. The van der Waals surface area contributed by atoms with E-state index in [0.717, 1.165) is 19.3 Å². The van der Waals surface area contributed by atoms with E-state index < -0.39 is 0 Å². The number of ether oxygens (including phenoxy) is 4. The lowest BCUT2D eigenvalue weighted by molar-refractivity contribution is -0.0158. The molecule has 1 aromatic rings. The molecule has 1 aliphatic rings. The van der Waals surface area contributed by atoms with Crippen molar-refractivity contribution in [1.82, 2.24) is 0 Å². The van der Waals surface area contributed by atoms with Crippen molar-refractivity contribution in [2.45, 2.75) is 37.5 Å². The van der Waals surface area contributed by atoms with Crippen molar-refractivity contribution in [2.24, 2.45) is 5.73 Å². The van der Waals surface area contributed by atoms with Crippen LogP contribution in [0.4, 0.5) is 5.69 Å². The lowest BCUT2D eigenvalue weighted by Gasteiger charge is -2.31. The summed E-state index contributed by atoms with van der Waals surface area (Å²) in [5.41, 5.74) is 12.0. The molecule has 6 nitrogen and oxygen atoms in total. The van der Waals surface area contributed by atoms with Gasteiger partial charge in [-0.2, -0.15) is 0 Å². The quantitative estimate of drug-likeness (QED) is 0.824. The molecular formula is C16H28N2O4. The van der Waals surface area contributed by atoms with Crippen molar-refractivity contribution in [3.05, 3.63) is 18.2 Å². The maximum Gasteiger partial charge on any atom is 0.124 e. The SMILES string of the molecule is COC1CC(N)CC(OC)C1.COc1cc(N)cc(OC)c1. The predicted octanol–water partition coefficient (Wildman–Crippen LogP) is 1.81. The molecule has 126 valence electrons.